The quantitative estimate of drug-likeness (QED) is 0.395. The van der Waals surface area contributed by atoms with E-state index < -0.39 is 35.4 Å². The van der Waals surface area contributed by atoms with Crippen LogP contribution in [-0.4, -0.2) is 13.0 Å². The van der Waals surface area contributed by atoms with Crippen LogP contribution < -0.4 is 10.6 Å². The highest BCUT2D eigenvalue weighted by atomic mass is 19.2. The third-order valence-electron chi connectivity index (χ3n) is 2.87. The van der Waals surface area contributed by atoms with Crippen LogP contribution in [0.1, 0.15) is 11.3 Å². The van der Waals surface area contributed by atoms with E-state index in [0.29, 0.717) is 5.76 Å². The van der Waals surface area contributed by atoms with Gasteiger partial charge < -0.3 is 15.1 Å². The molecule has 1 aromatic carbocycles. The second-order valence-electron chi connectivity index (χ2n) is 4.31. The molecule has 0 unspecified atom stereocenters. The van der Waals surface area contributed by atoms with Crippen LogP contribution in [0.2, 0.25) is 0 Å². The summed E-state index contributed by atoms with van der Waals surface area (Å²) in [5.74, 6) is -4.96. The maximum Gasteiger partial charge on any atom is 0.191 e. The topological polar surface area (TPSA) is 49.6 Å². The van der Waals surface area contributed by atoms with Crippen molar-refractivity contribution in [2.45, 2.75) is 13.1 Å². The number of rotatable bonds is 4. The molecule has 0 radical (unpaired) electrons. The summed E-state index contributed by atoms with van der Waals surface area (Å²) in [4.78, 5) is 3.83. The van der Waals surface area contributed by atoms with E-state index in [1.54, 1.807) is 12.1 Å². The van der Waals surface area contributed by atoms with E-state index in [4.69, 9.17) is 4.42 Å². The average Bonchev–Trinajstić information content (AvgIpc) is 3.01. The molecule has 0 aliphatic rings. The predicted molar refractivity (Wildman–Crippen MR) is 72.0 cm³/mol. The molecule has 0 spiro atoms. The standard InChI is InChI=1S/C14H13F4N3O/c1-19-14(20-6-8-3-2-4-22-8)21-7-9-12(17)10(15)5-11(16)13(9)18/h2-5H,6-7H2,1H3,(H2,19,20,21). The summed E-state index contributed by atoms with van der Waals surface area (Å²) in [6, 6.07) is 3.59. The molecular weight excluding hydrogens is 302 g/mol. The van der Waals surface area contributed by atoms with Crippen LogP contribution in [0, 0.1) is 23.3 Å². The van der Waals surface area contributed by atoms with Gasteiger partial charge in [-0.3, -0.25) is 4.99 Å². The Balaban J connectivity index is 2.02. The van der Waals surface area contributed by atoms with Crippen LogP contribution in [0.5, 0.6) is 0 Å². The SMILES string of the molecule is CN=C(NCc1ccco1)NCc1c(F)c(F)cc(F)c1F. The Kier molecular flexibility index (Phi) is 5.03. The number of hydrogen-bond donors (Lipinski definition) is 2. The van der Waals surface area contributed by atoms with Crippen molar-refractivity contribution in [3.8, 4) is 0 Å². The molecule has 1 aromatic heterocycles. The van der Waals surface area contributed by atoms with Gasteiger partial charge in [-0.05, 0) is 12.1 Å². The summed E-state index contributed by atoms with van der Waals surface area (Å²) in [6.45, 7) is -0.181. The van der Waals surface area contributed by atoms with Gasteiger partial charge in [0.2, 0.25) is 0 Å². The fraction of sp³-hybridized carbons (Fsp3) is 0.214. The highest BCUT2D eigenvalue weighted by Crippen LogP contribution is 2.18. The highest BCUT2D eigenvalue weighted by molar-refractivity contribution is 5.79. The Bertz CT molecular complexity index is 645. The molecule has 0 saturated heterocycles. The molecule has 0 atom stereocenters. The van der Waals surface area contributed by atoms with Crippen molar-refractivity contribution < 1.29 is 22.0 Å². The van der Waals surface area contributed by atoms with E-state index in [-0.39, 0.29) is 18.6 Å². The molecule has 8 heteroatoms. The van der Waals surface area contributed by atoms with Gasteiger partial charge in [0, 0.05) is 25.2 Å². The van der Waals surface area contributed by atoms with Gasteiger partial charge in [0.1, 0.15) is 5.76 Å². The van der Waals surface area contributed by atoms with E-state index >= 15 is 0 Å². The molecule has 2 aromatic rings. The van der Waals surface area contributed by atoms with Gasteiger partial charge in [-0.15, -0.1) is 0 Å². The van der Waals surface area contributed by atoms with Gasteiger partial charge in [-0.25, -0.2) is 17.6 Å². The molecule has 4 nitrogen and oxygen atoms in total. The number of nitrogens with one attached hydrogen (secondary N) is 2. The number of furan rings is 1. The largest absolute Gasteiger partial charge is 0.467 e. The van der Waals surface area contributed by atoms with Gasteiger partial charge in [0.05, 0.1) is 12.8 Å². The summed E-state index contributed by atoms with van der Waals surface area (Å²) >= 11 is 0. The number of nitrogens with zero attached hydrogens (tertiary/aromatic N) is 1. The lowest BCUT2D eigenvalue weighted by atomic mass is 10.2. The van der Waals surface area contributed by atoms with E-state index in [1.807, 2.05) is 0 Å². The lowest BCUT2D eigenvalue weighted by Crippen LogP contribution is -2.36. The third-order valence-corrected chi connectivity index (χ3v) is 2.87. The van der Waals surface area contributed by atoms with Crippen molar-refractivity contribution in [3.63, 3.8) is 0 Å². The Hall–Kier alpha value is -2.51. The van der Waals surface area contributed by atoms with Crippen LogP contribution in [0.25, 0.3) is 0 Å². The normalized spacial score (nSPS) is 11.6. The van der Waals surface area contributed by atoms with Crippen molar-refractivity contribution in [1.29, 1.82) is 0 Å². The first-order valence-corrected chi connectivity index (χ1v) is 6.31. The number of halogens is 4. The molecule has 0 aliphatic heterocycles. The Morgan fingerprint density at radius 3 is 2.27 bits per heavy atom. The van der Waals surface area contributed by atoms with Gasteiger partial charge in [-0.1, -0.05) is 0 Å². The second kappa shape index (κ2) is 6.97. The van der Waals surface area contributed by atoms with Crippen molar-refractivity contribution in [1.82, 2.24) is 10.6 Å². The zero-order valence-corrected chi connectivity index (χ0v) is 11.6. The van der Waals surface area contributed by atoms with Crippen molar-refractivity contribution in [2.24, 2.45) is 4.99 Å². The molecule has 22 heavy (non-hydrogen) atoms. The highest BCUT2D eigenvalue weighted by Gasteiger charge is 2.19. The van der Waals surface area contributed by atoms with Gasteiger partial charge >= 0.3 is 0 Å². The maximum atomic E-state index is 13.5. The van der Waals surface area contributed by atoms with Crippen molar-refractivity contribution in [3.05, 3.63) is 59.1 Å². The molecule has 2 N–H and O–H groups in total. The first-order chi connectivity index (χ1) is 10.5. The second-order valence-corrected chi connectivity index (χ2v) is 4.31. The predicted octanol–water partition coefficient (Wildman–Crippen LogP) is 2.70. The number of benzene rings is 1. The molecular formula is C14H13F4N3O. The summed E-state index contributed by atoms with van der Waals surface area (Å²) < 4.78 is 58.3. The molecule has 1 heterocycles. The van der Waals surface area contributed by atoms with E-state index in [1.165, 1.54) is 13.3 Å². The Labute approximate surface area is 123 Å². The zero-order valence-electron chi connectivity index (χ0n) is 11.6. The summed E-state index contributed by atoms with van der Waals surface area (Å²) in [6.07, 6.45) is 1.49. The fourth-order valence-electron chi connectivity index (χ4n) is 1.75. The van der Waals surface area contributed by atoms with E-state index in [9.17, 15) is 17.6 Å². The van der Waals surface area contributed by atoms with Crippen molar-refractivity contribution in [2.75, 3.05) is 7.05 Å². The molecule has 118 valence electrons. The van der Waals surface area contributed by atoms with Crippen molar-refractivity contribution >= 4 is 5.96 Å². The lowest BCUT2D eigenvalue weighted by molar-refractivity contribution is 0.436. The minimum Gasteiger partial charge on any atom is -0.467 e. The smallest absolute Gasteiger partial charge is 0.191 e. The van der Waals surface area contributed by atoms with Crippen LogP contribution in [-0.2, 0) is 13.1 Å². The summed E-state index contributed by atoms with van der Waals surface area (Å²) in [5.41, 5.74) is -0.738. The molecule has 0 saturated carbocycles. The number of guanidine groups is 1. The lowest BCUT2D eigenvalue weighted by Gasteiger charge is -2.12. The zero-order chi connectivity index (χ0) is 16.1. The first-order valence-electron chi connectivity index (χ1n) is 6.31. The summed E-state index contributed by atoms with van der Waals surface area (Å²) in [7, 11) is 1.44. The van der Waals surface area contributed by atoms with Crippen LogP contribution in [0.4, 0.5) is 17.6 Å². The monoisotopic (exact) mass is 315 g/mol. The molecule has 0 amide bonds. The third kappa shape index (κ3) is 3.57. The number of aliphatic imine (C=N–C) groups is 1. The fourth-order valence-corrected chi connectivity index (χ4v) is 1.75. The van der Waals surface area contributed by atoms with Crippen LogP contribution >= 0.6 is 0 Å². The van der Waals surface area contributed by atoms with Gasteiger partial charge in [0.25, 0.3) is 0 Å². The Morgan fingerprint density at radius 1 is 1.09 bits per heavy atom. The first kappa shape index (κ1) is 15.9. The van der Waals surface area contributed by atoms with Crippen LogP contribution in [0.3, 0.4) is 0 Å². The summed E-state index contributed by atoms with van der Waals surface area (Å²) in [5, 5.41) is 5.39. The molecule has 0 fully saturated rings. The van der Waals surface area contributed by atoms with E-state index in [0.717, 1.165) is 0 Å². The van der Waals surface area contributed by atoms with Gasteiger partial charge in [-0.2, -0.15) is 0 Å². The van der Waals surface area contributed by atoms with E-state index in [2.05, 4.69) is 15.6 Å². The Morgan fingerprint density at radius 2 is 1.73 bits per heavy atom. The molecule has 0 aliphatic carbocycles. The molecule has 2 rings (SSSR count). The maximum absolute atomic E-state index is 13.5. The van der Waals surface area contributed by atoms with Crippen LogP contribution in [0.15, 0.2) is 33.9 Å². The minimum absolute atomic E-state index is 0.165. The number of hydrogen-bond acceptors (Lipinski definition) is 2. The van der Waals surface area contributed by atoms with Gasteiger partial charge in [0.15, 0.2) is 29.2 Å². The minimum atomic E-state index is -1.45. The average molecular weight is 315 g/mol. The molecule has 0 bridgehead atoms.